The van der Waals surface area contributed by atoms with Crippen LogP contribution in [-0.2, 0) is 11.3 Å². The van der Waals surface area contributed by atoms with E-state index in [0.717, 1.165) is 43.2 Å². The minimum Gasteiger partial charge on any atom is -0.493 e. The number of rotatable bonds is 7. The lowest BCUT2D eigenvalue weighted by Crippen LogP contribution is -2.24. The summed E-state index contributed by atoms with van der Waals surface area (Å²) in [7, 11) is 1.53. The van der Waals surface area contributed by atoms with Crippen molar-refractivity contribution in [2.24, 2.45) is 0 Å². The molecule has 1 unspecified atom stereocenters. The topological polar surface area (TPSA) is 56.8 Å². The van der Waals surface area contributed by atoms with Crippen molar-refractivity contribution in [3.8, 4) is 11.5 Å². The number of benzene rings is 2. The number of carbonyl (C=O) groups is 1. The minimum absolute atomic E-state index is 0.0924. The zero-order chi connectivity index (χ0) is 19.2. The number of ether oxygens (including phenoxy) is 3. The van der Waals surface area contributed by atoms with Crippen molar-refractivity contribution >= 4 is 5.91 Å². The summed E-state index contributed by atoms with van der Waals surface area (Å²) in [6.45, 7) is 1.35. The molecular formula is C20H21F2NO4. The van der Waals surface area contributed by atoms with Crippen molar-refractivity contribution in [3.63, 3.8) is 0 Å². The number of carbonyl (C=O) groups excluding carboxylic acids is 1. The molecule has 144 valence electrons. The number of halogens is 2. The molecule has 0 saturated carbocycles. The van der Waals surface area contributed by atoms with Gasteiger partial charge in [0.25, 0.3) is 5.91 Å². The maximum absolute atomic E-state index is 13.7. The van der Waals surface area contributed by atoms with Gasteiger partial charge in [0, 0.05) is 13.2 Å². The third-order valence-electron chi connectivity index (χ3n) is 4.30. The smallest absolute Gasteiger partial charge is 0.254 e. The van der Waals surface area contributed by atoms with Gasteiger partial charge in [-0.1, -0.05) is 6.07 Å². The fourth-order valence-electron chi connectivity index (χ4n) is 2.85. The Labute approximate surface area is 156 Å². The molecule has 0 aliphatic carbocycles. The van der Waals surface area contributed by atoms with Gasteiger partial charge < -0.3 is 19.5 Å². The van der Waals surface area contributed by atoms with Gasteiger partial charge in [0.15, 0.2) is 11.5 Å². The maximum Gasteiger partial charge on any atom is 0.254 e. The molecule has 1 saturated heterocycles. The normalized spacial score (nSPS) is 16.2. The van der Waals surface area contributed by atoms with Crippen LogP contribution in [0.3, 0.4) is 0 Å². The average molecular weight is 377 g/mol. The van der Waals surface area contributed by atoms with E-state index in [9.17, 15) is 13.6 Å². The minimum atomic E-state index is -0.774. The summed E-state index contributed by atoms with van der Waals surface area (Å²) in [5, 5.41) is 2.57. The molecule has 3 rings (SSSR count). The second-order valence-electron chi connectivity index (χ2n) is 6.24. The van der Waals surface area contributed by atoms with Gasteiger partial charge in [-0.05, 0) is 48.7 Å². The van der Waals surface area contributed by atoms with Crippen molar-refractivity contribution in [2.75, 3.05) is 20.3 Å². The second kappa shape index (κ2) is 8.81. The number of hydrogen-bond donors (Lipinski definition) is 1. The molecule has 2 aromatic rings. The van der Waals surface area contributed by atoms with Crippen molar-refractivity contribution in [3.05, 3.63) is 59.2 Å². The Morgan fingerprint density at radius 1 is 1.22 bits per heavy atom. The van der Waals surface area contributed by atoms with Crippen LogP contribution in [0.4, 0.5) is 8.78 Å². The van der Waals surface area contributed by atoms with Crippen LogP contribution in [0.15, 0.2) is 36.4 Å². The molecule has 7 heteroatoms. The number of amides is 1. The van der Waals surface area contributed by atoms with Crippen LogP contribution in [0.2, 0.25) is 0 Å². The fraction of sp³-hybridized carbons (Fsp3) is 0.350. The van der Waals surface area contributed by atoms with Crippen LogP contribution in [0, 0.1) is 11.6 Å². The van der Waals surface area contributed by atoms with Gasteiger partial charge in [-0.15, -0.1) is 0 Å². The molecule has 0 bridgehead atoms. The molecule has 2 aromatic carbocycles. The molecule has 1 amide bonds. The Kier molecular flexibility index (Phi) is 6.24. The molecule has 0 aromatic heterocycles. The predicted molar refractivity (Wildman–Crippen MR) is 95.0 cm³/mol. The zero-order valence-electron chi connectivity index (χ0n) is 15.0. The third-order valence-corrected chi connectivity index (χ3v) is 4.30. The SMILES string of the molecule is COc1cc(CNC(=O)c2cc(F)ccc2F)ccc1OCC1CCCO1. The number of methoxy groups -OCH3 is 1. The van der Waals surface area contributed by atoms with E-state index in [1.807, 2.05) is 0 Å². The van der Waals surface area contributed by atoms with Crippen molar-refractivity contribution in [1.29, 1.82) is 0 Å². The summed E-state index contributed by atoms with van der Waals surface area (Å²) < 4.78 is 43.5. The maximum atomic E-state index is 13.7. The van der Waals surface area contributed by atoms with Crippen molar-refractivity contribution in [1.82, 2.24) is 5.32 Å². The van der Waals surface area contributed by atoms with E-state index in [1.54, 1.807) is 18.2 Å². The first-order chi connectivity index (χ1) is 13.1. The molecule has 0 spiro atoms. The van der Waals surface area contributed by atoms with Gasteiger partial charge in [0.2, 0.25) is 0 Å². The van der Waals surface area contributed by atoms with E-state index in [0.29, 0.717) is 18.1 Å². The molecule has 1 atom stereocenters. The predicted octanol–water partition coefficient (Wildman–Crippen LogP) is 3.46. The van der Waals surface area contributed by atoms with Crippen molar-refractivity contribution < 1.29 is 27.8 Å². The standard InChI is InChI=1S/C20H21F2NO4/c1-25-19-9-13(4-7-18(19)27-12-15-3-2-8-26-15)11-23-20(24)16-10-14(21)5-6-17(16)22/h4-7,9-10,15H,2-3,8,11-12H2,1H3,(H,23,24). The molecule has 5 nitrogen and oxygen atoms in total. The third kappa shape index (κ3) is 4.95. The highest BCUT2D eigenvalue weighted by Gasteiger charge is 2.17. The van der Waals surface area contributed by atoms with E-state index >= 15 is 0 Å². The van der Waals surface area contributed by atoms with E-state index in [-0.39, 0.29) is 18.2 Å². The summed E-state index contributed by atoms with van der Waals surface area (Å²) in [6, 6.07) is 8.01. The van der Waals surface area contributed by atoms with E-state index in [2.05, 4.69) is 5.32 Å². The Hall–Kier alpha value is -2.67. The van der Waals surface area contributed by atoms with Crippen LogP contribution in [0.1, 0.15) is 28.8 Å². The summed E-state index contributed by atoms with van der Waals surface area (Å²) >= 11 is 0. The Bertz CT molecular complexity index is 807. The summed E-state index contributed by atoms with van der Waals surface area (Å²) in [6.07, 6.45) is 2.11. The van der Waals surface area contributed by atoms with Crippen LogP contribution in [0.5, 0.6) is 11.5 Å². The van der Waals surface area contributed by atoms with Crippen molar-refractivity contribution in [2.45, 2.75) is 25.5 Å². The van der Waals surface area contributed by atoms with Crippen LogP contribution in [0.25, 0.3) is 0 Å². The Morgan fingerprint density at radius 3 is 2.81 bits per heavy atom. The Morgan fingerprint density at radius 2 is 2.07 bits per heavy atom. The lowest BCUT2D eigenvalue weighted by atomic mass is 10.1. The fourth-order valence-corrected chi connectivity index (χ4v) is 2.85. The first-order valence-electron chi connectivity index (χ1n) is 8.71. The first-order valence-corrected chi connectivity index (χ1v) is 8.71. The average Bonchev–Trinajstić information content (AvgIpc) is 3.20. The van der Waals surface area contributed by atoms with Gasteiger partial charge in [-0.3, -0.25) is 4.79 Å². The molecule has 1 N–H and O–H groups in total. The summed E-state index contributed by atoms with van der Waals surface area (Å²) in [5.74, 6) is -1.03. The molecule has 1 aliphatic rings. The van der Waals surface area contributed by atoms with E-state index in [4.69, 9.17) is 14.2 Å². The quantitative estimate of drug-likeness (QED) is 0.803. The second-order valence-corrected chi connectivity index (χ2v) is 6.24. The highest BCUT2D eigenvalue weighted by molar-refractivity contribution is 5.94. The number of nitrogens with one attached hydrogen (secondary N) is 1. The highest BCUT2D eigenvalue weighted by atomic mass is 19.1. The Balaban J connectivity index is 1.61. The molecule has 0 radical (unpaired) electrons. The van der Waals surface area contributed by atoms with E-state index in [1.165, 1.54) is 7.11 Å². The zero-order valence-corrected chi connectivity index (χ0v) is 15.0. The van der Waals surface area contributed by atoms with Gasteiger partial charge in [-0.25, -0.2) is 8.78 Å². The largest absolute Gasteiger partial charge is 0.493 e. The van der Waals surface area contributed by atoms with Crippen LogP contribution >= 0.6 is 0 Å². The number of hydrogen-bond acceptors (Lipinski definition) is 4. The lowest BCUT2D eigenvalue weighted by Gasteiger charge is -2.15. The van der Waals surface area contributed by atoms with Gasteiger partial charge >= 0.3 is 0 Å². The van der Waals surface area contributed by atoms with Crippen LogP contribution in [-0.4, -0.2) is 32.3 Å². The molecule has 1 fully saturated rings. The molecule has 1 heterocycles. The highest BCUT2D eigenvalue weighted by Crippen LogP contribution is 2.29. The van der Waals surface area contributed by atoms with Gasteiger partial charge in [-0.2, -0.15) is 0 Å². The first kappa shape index (κ1) is 19.1. The molecule has 1 aliphatic heterocycles. The van der Waals surface area contributed by atoms with Gasteiger partial charge in [0.1, 0.15) is 18.2 Å². The summed E-state index contributed by atoms with van der Waals surface area (Å²) in [5.41, 5.74) is 0.403. The van der Waals surface area contributed by atoms with E-state index < -0.39 is 17.5 Å². The lowest BCUT2D eigenvalue weighted by molar-refractivity contribution is 0.0669. The monoisotopic (exact) mass is 377 g/mol. The van der Waals surface area contributed by atoms with Gasteiger partial charge in [0.05, 0.1) is 18.8 Å². The van der Waals surface area contributed by atoms with Crippen LogP contribution < -0.4 is 14.8 Å². The molecule has 27 heavy (non-hydrogen) atoms. The molecular weight excluding hydrogens is 356 g/mol. The summed E-state index contributed by atoms with van der Waals surface area (Å²) in [4.78, 5) is 12.1.